The van der Waals surface area contributed by atoms with Gasteiger partial charge in [-0.15, -0.1) is 0 Å². The van der Waals surface area contributed by atoms with Gasteiger partial charge in [-0.25, -0.2) is 0 Å². The third-order valence-corrected chi connectivity index (χ3v) is 2.69. The van der Waals surface area contributed by atoms with Gasteiger partial charge in [-0.3, -0.25) is 4.79 Å². The van der Waals surface area contributed by atoms with Gasteiger partial charge in [0.15, 0.2) is 0 Å². The molecule has 0 aliphatic carbocycles. The van der Waals surface area contributed by atoms with Crippen molar-refractivity contribution < 1.29 is 4.79 Å². The molecule has 0 aliphatic heterocycles. The minimum Gasteiger partial charge on any atom is -0.324 e. The smallest absolute Gasteiger partial charge is 0.241 e. The molecule has 1 unspecified atom stereocenters. The van der Waals surface area contributed by atoms with Gasteiger partial charge in [0.25, 0.3) is 0 Å². The average molecular weight is 206 g/mol. The van der Waals surface area contributed by atoms with Crippen LogP contribution in [0.4, 0.5) is 5.69 Å². The van der Waals surface area contributed by atoms with E-state index < -0.39 is 0 Å². The summed E-state index contributed by atoms with van der Waals surface area (Å²) in [4.78, 5) is 11.6. The van der Waals surface area contributed by atoms with Crippen LogP contribution in [-0.4, -0.2) is 19.0 Å². The minimum absolute atomic E-state index is 0.00815. The number of likely N-dealkylation sites (N-methyl/N-ethyl adjacent to an activating group) is 1. The molecule has 1 rings (SSSR count). The first kappa shape index (κ1) is 11.7. The largest absolute Gasteiger partial charge is 0.324 e. The second kappa shape index (κ2) is 4.94. The fourth-order valence-corrected chi connectivity index (χ4v) is 1.26. The molecule has 0 saturated heterocycles. The van der Waals surface area contributed by atoms with E-state index in [1.807, 2.05) is 39.0 Å². The summed E-state index contributed by atoms with van der Waals surface area (Å²) in [6.45, 7) is 5.88. The molecule has 1 atom stereocenters. The van der Waals surface area contributed by atoms with Gasteiger partial charge in [-0.2, -0.15) is 0 Å². The highest BCUT2D eigenvalue weighted by Gasteiger charge is 2.11. The molecule has 0 bridgehead atoms. The lowest BCUT2D eigenvalue weighted by atomic mass is 10.1. The lowest BCUT2D eigenvalue weighted by Gasteiger charge is -2.13. The summed E-state index contributed by atoms with van der Waals surface area (Å²) in [5.74, 6) is -0.00815. The van der Waals surface area contributed by atoms with Crippen molar-refractivity contribution in [1.82, 2.24) is 5.32 Å². The van der Waals surface area contributed by atoms with Crippen LogP contribution in [0.2, 0.25) is 0 Å². The van der Waals surface area contributed by atoms with E-state index in [9.17, 15) is 4.79 Å². The standard InChI is InChI=1S/C12H18N2O/c1-8-6-5-7-11(9(8)2)14-12(15)10(3)13-4/h5-7,10,13H,1-4H3,(H,14,15). The highest BCUT2D eigenvalue weighted by Crippen LogP contribution is 2.17. The summed E-state index contributed by atoms with van der Waals surface area (Å²) in [5.41, 5.74) is 3.20. The van der Waals surface area contributed by atoms with Crippen molar-refractivity contribution in [2.75, 3.05) is 12.4 Å². The van der Waals surface area contributed by atoms with Crippen LogP contribution in [0.1, 0.15) is 18.1 Å². The maximum Gasteiger partial charge on any atom is 0.241 e. The quantitative estimate of drug-likeness (QED) is 0.792. The van der Waals surface area contributed by atoms with Crippen LogP contribution in [0.15, 0.2) is 18.2 Å². The molecule has 1 amide bonds. The Hall–Kier alpha value is -1.35. The Kier molecular flexibility index (Phi) is 3.86. The van der Waals surface area contributed by atoms with Crippen LogP contribution in [-0.2, 0) is 4.79 Å². The Morgan fingerprint density at radius 3 is 2.60 bits per heavy atom. The second-order valence-corrected chi connectivity index (χ2v) is 3.75. The van der Waals surface area contributed by atoms with Gasteiger partial charge in [0.1, 0.15) is 0 Å². The molecule has 0 aliphatic rings. The number of benzene rings is 1. The van der Waals surface area contributed by atoms with Crippen molar-refractivity contribution in [3.8, 4) is 0 Å². The number of hydrogen-bond donors (Lipinski definition) is 2. The first-order valence-corrected chi connectivity index (χ1v) is 5.10. The third kappa shape index (κ3) is 2.80. The van der Waals surface area contributed by atoms with Gasteiger partial charge in [0.05, 0.1) is 6.04 Å². The molecular formula is C12H18N2O. The number of aryl methyl sites for hydroxylation is 1. The summed E-state index contributed by atoms with van der Waals surface area (Å²) >= 11 is 0. The van der Waals surface area contributed by atoms with Crippen LogP contribution in [0, 0.1) is 13.8 Å². The second-order valence-electron chi connectivity index (χ2n) is 3.75. The van der Waals surface area contributed by atoms with Crippen LogP contribution >= 0.6 is 0 Å². The van der Waals surface area contributed by atoms with Gasteiger partial charge in [-0.1, -0.05) is 12.1 Å². The van der Waals surface area contributed by atoms with Crippen molar-refractivity contribution in [3.05, 3.63) is 29.3 Å². The van der Waals surface area contributed by atoms with E-state index in [1.54, 1.807) is 7.05 Å². The van der Waals surface area contributed by atoms with Crippen LogP contribution in [0.3, 0.4) is 0 Å². The number of anilines is 1. The van der Waals surface area contributed by atoms with Crippen molar-refractivity contribution >= 4 is 11.6 Å². The predicted octanol–water partition coefficient (Wildman–Crippen LogP) is 1.85. The minimum atomic E-state index is -0.176. The number of carbonyl (C=O) groups excluding carboxylic acids is 1. The monoisotopic (exact) mass is 206 g/mol. The molecule has 0 saturated carbocycles. The first-order chi connectivity index (χ1) is 7.06. The topological polar surface area (TPSA) is 41.1 Å². The molecule has 3 nitrogen and oxygen atoms in total. The lowest BCUT2D eigenvalue weighted by molar-refractivity contribution is -0.117. The van der Waals surface area contributed by atoms with Crippen molar-refractivity contribution in [2.24, 2.45) is 0 Å². The summed E-state index contributed by atoms with van der Waals surface area (Å²) < 4.78 is 0. The zero-order valence-corrected chi connectivity index (χ0v) is 9.72. The normalized spacial score (nSPS) is 12.3. The predicted molar refractivity (Wildman–Crippen MR) is 63.1 cm³/mol. The molecule has 3 heteroatoms. The summed E-state index contributed by atoms with van der Waals surface area (Å²) in [7, 11) is 1.77. The van der Waals surface area contributed by atoms with Crippen LogP contribution in [0.25, 0.3) is 0 Å². The van der Waals surface area contributed by atoms with E-state index >= 15 is 0 Å². The summed E-state index contributed by atoms with van der Waals surface area (Å²) in [6.07, 6.45) is 0. The highest BCUT2D eigenvalue weighted by molar-refractivity contribution is 5.95. The van der Waals surface area contributed by atoms with Crippen molar-refractivity contribution in [1.29, 1.82) is 0 Å². The molecule has 0 spiro atoms. The Labute approximate surface area is 90.9 Å². The van der Waals surface area contributed by atoms with E-state index in [1.165, 1.54) is 5.56 Å². The first-order valence-electron chi connectivity index (χ1n) is 5.10. The van der Waals surface area contributed by atoms with E-state index in [0.29, 0.717) is 0 Å². The number of rotatable bonds is 3. The third-order valence-electron chi connectivity index (χ3n) is 2.69. The van der Waals surface area contributed by atoms with Crippen LogP contribution in [0.5, 0.6) is 0 Å². The van der Waals surface area contributed by atoms with Gasteiger partial charge < -0.3 is 10.6 Å². The Bertz CT molecular complexity index is 361. The summed E-state index contributed by atoms with van der Waals surface area (Å²) in [5, 5.41) is 5.81. The van der Waals surface area contributed by atoms with E-state index in [2.05, 4.69) is 10.6 Å². The maximum absolute atomic E-state index is 11.6. The maximum atomic E-state index is 11.6. The SMILES string of the molecule is CNC(C)C(=O)Nc1cccc(C)c1C. The molecule has 2 N–H and O–H groups in total. The molecular weight excluding hydrogens is 188 g/mol. The molecule has 0 aromatic heterocycles. The number of nitrogens with one attached hydrogen (secondary N) is 2. The van der Waals surface area contributed by atoms with Crippen LogP contribution < -0.4 is 10.6 Å². The zero-order valence-electron chi connectivity index (χ0n) is 9.72. The average Bonchev–Trinajstić information content (AvgIpc) is 2.23. The van der Waals surface area contributed by atoms with E-state index in [0.717, 1.165) is 11.3 Å². The fraction of sp³-hybridized carbons (Fsp3) is 0.417. The Balaban J connectivity index is 2.81. The number of carbonyl (C=O) groups is 1. The van der Waals surface area contributed by atoms with Gasteiger partial charge in [-0.05, 0) is 45.0 Å². The molecule has 0 fully saturated rings. The Morgan fingerprint density at radius 2 is 2.00 bits per heavy atom. The van der Waals surface area contributed by atoms with E-state index in [4.69, 9.17) is 0 Å². The Morgan fingerprint density at radius 1 is 1.33 bits per heavy atom. The van der Waals surface area contributed by atoms with Crippen molar-refractivity contribution in [2.45, 2.75) is 26.8 Å². The van der Waals surface area contributed by atoms with Gasteiger partial charge in [0.2, 0.25) is 5.91 Å². The molecule has 0 heterocycles. The molecule has 1 aromatic carbocycles. The fourth-order valence-electron chi connectivity index (χ4n) is 1.26. The van der Waals surface area contributed by atoms with E-state index in [-0.39, 0.29) is 11.9 Å². The number of amides is 1. The molecule has 82 valence electrons. The van der Waals surface area contributed by atoms with Gasteiger partial charge in [0, 0.05) is 5.69 Å². The molecule has 1 aromatic rings. The highest BCUT2D eigenvalue weighted by atomic mass is 16.2. The zero-order chi connectivity index (χ0) is 11.4. The number of hydrogen-bond acceptors (Lipinski definition) is 2. The molecule has 15 heavy (non-hydrogen) atoms. The summed E-state index contributed by atoms with van der Waals surface area (Å²) in [6, 6.07) is 5.72. The lowest BCUT2D eigenvalue weighted by Crippen LogP contribution is -2.35. The van der Waals surface area contributed by atoms with Gasteiger partial charge >= 0.3 is 0 Å². The molecule has 0 radical (unpaired) electrons. The van der Waals surface area contributed by atoms with Crippen molar-refractivity contribution in [3.63, 3.8) is 0 Å².